The van der Waals surface area contributed by atoms with Crippen molar-refractivity contribution in [1.82, 2.24) is 15.2 Å². The molecule has 3 aromatic rings. The molecule has 20 heavy (non-hydrogen) atoms. The molecule has 1 heterocycles. The van der Waals surface area contributed by atoms with Crippen LogP contribution in [0.15, 0.2) is 63.9 Å². The van der Waals surface area contributed by atoms with Crippen LogP contribution in [-0.4, -0.2) is 15.2 Å². The van der Waals surface area contributed by atoms with E-state index in [0.717, 1.165) is 15.6 Å². The molecule has 0 unspecified atom stereocenters. The lowest BCUT2D eigenvalue weighted by molar-refractivity contribution is 0.963. The average Bonchev–Trinajstić information content (AvgIpc) is 2.48. The zero-order valence-electron chi connectivity index (χ0n) is 10.4. The van der Waals surface area contributed by atoms with E-state index in [0.29, 0.717) is 11.5 Å². The molecule has 0 aliphatic rings. The zero-order chi connectivity index (χ0) is 13.9. The lowest BCUT2D eigenvalue weighted by Gasteiger charge is -2.02. The Morgan fingerprint density at radius 3 is 2.35 bits per heavy atom. The molecule has 3 rings (SSSR count). The van der Waals surface area contributed by atoms with Crippen LogP contribution in [0.5, 0.6) is 0 Å². The maximum absolute atomic E-state index is 12.1. The van der Waals surface area contributed by atoms with Crippen molar-refractivity contribution in [2.75, 3.05) is 0 Å². The van der Waals surface area contributed by atoms with Gasteiger partial charge in [-0.1, -0.05) is 58.4 Å². The van der Waals surface area contributed by atoms with Gasteiger partial charge in [-0.2, -0.15) is 0 Å². The Bertz CT molecular complexity index is 799. The third-order valence-electron chi connectivity index (χ3n) is 2.84. The quantitative estimate of drug-likeness (QED) is 0.785. The lowest BCUT2D eigenvalue weighted by Crippen LogP contribution is -2.14. The number of H-pyrrole nitrogens is 1. The molecular formula is C15H10BrN3O. The molecule has 0 saturated heterocycles. The number of halogens is 1. The van der Waals surface area contributed by atoms with Gasteiger partial charge in [0.05, 0.1) is 0 Å². The average molecular weight is 328 g/mol. The second-order valence-electron chi connectivity index (χ2n) is 4.23. The highest BCUT2D eigenvalue weighted by Crippen LogP contribution is 2.19. The molecule has 0 aliphatic carbocycles. The summed E-state index contributed by atoms with van der Waals surface area (Å²) >= 11 is 3.39. The number of aromatic amines is 1. The van der Waals surface area contributed by atoms with Gasteiger partial charge in [-0.25, -0.2) is 0 Å². The minimum atomic E-state index is -0.249. The van der Waals surface area contributed by atoms with Crippen molar-refractivity contribution >= 4 is 15.9 Å². The highest BCUT2D eigenvalue weighted by Gasteiger charge is 2.08. The lowest BCUT2D eigenvalue weighted by atomic mass is 10.1. The Morgan fingerprint density at radius 1 is 0.900 bits per heavy atom. The van der Waals surface area contributed by atoms with E-state index in [-0.39, 0.29) is 5.56 Å². The fraction of sp³-hybridized carbons (Fsp3) is 0. The summed E-state index contributed by atoms with van der Waals surface area (Å²) < 4.78 is 0.921. The predicted octanol–water partition coefficient (Wildman–Crippen LogP) is 3.26. The number of rotatable bonds is 2. The molecule has 0 atom stereocenters. The van der Waals surface area contributed by atoms with Crippen molar-refractivity contribution in [1.29, 1.82) is 0 Å². The maximum atomic E-state index is 12.1. The first-order valence-electron chi connectivity index (χ1n) is 6.02. The molecule has 0 spiro atoms. The Hall–Kier alpha value is -2.27. The summed E-state index contributed by atoms with van der Waals surface area (Å²) in [4.78, 5) is 14.9. The van der Waals surface area contributed by atoms with Gasteiger partial charge in [-0.3, -0.25) is 4.79 Å². The van der Waals surface area contributed by atoms with Crippen molar-refractivity contribution in [2.24, 2.45) is 0 Å². The summed E-state index contributed by atoms with van der Waals surface area (Å²) in [6.45, 7) is 0. The predicted molar refractivity (Wildman–Crippen MR) is 81.2 cm³/mol. The first-order chi connectivity index (χ1) is 9.74. The minimum Gasteiger partial charge on any atom is -0.303 e. The van der Waals surface area contributed by atoms with E-state index in [9.17, 15) is 4.79 Å². The Labute approximate surface area is 123 Å². The highest BCUT2D eigenvalue weighted by molar-refractivity contribution is 9.10. The van der Waals surface area contributed by atoms with Gasteiger partial charge in [0.1, 0.15) is 0 Å². The second-order valence-corrected chi connectivity index (χ2v) is 5.14. The molecule has 0 aliphatic heterocycles. The van der Waals surface area contributed by atoms with Crippen molar-refractivity contribution in [3.05, 3.63) is 69.4 Å². The fourth-order valence-electron chi connectivity index (χ4n) is 1.89. The number of hydrogen-bond donors (Lipinski definition) is 1. The molecular weight excluding hydrogens is 318 g/mol. The van der Waals surface area contributed by atoms with E-state index in [1.165, 1.54) is 0 Å². The largest absolute Gasteiger partial charge is 0.303 e. The molecule has 0 bridgehead atoms. The molecule has 4 nitrogen and oxygen atoms in total. The topological polar surface area (TPSA) is 58.6 Å². The van der Waals surface area contributed by atoms with Crippen molar-refractivity contribution in [2.45, 2.75) is 0 Å². The van der Waals surface area contributed by atoms with Gasteiger partial charge < -0.3 is 4.98 Å². The number of nitrogens with one attached hydrogen (secondary N) is 1. The first-order valence-corrected chi connectivity index (χ1v) is 6.82. The third-order valence-corrected chi connectivity index (χ3v) is 3.34. The summed E-state index contributed by atoms with van der Waals surface area (Å²) in [6, 6.07) is 16.8. The van der Waals surface area contributed by atoms with Crippen LogP contribution < -0.4 is 5.56 Å². The minimum absolute atomic E-state index is 0.249. The van der Waals surface area contributed by atoms with Gasteiger partial charge in [-0.05, 0) is 12.1 Å². The maximum Gasteiger partial charge on any atom is 0.278 e. The molecule has 5 heteroatoms. The van der Waals surface area contributed by atoms with Crippen LogP contribution in [0.25, 0.3) is 22.6 Å². The molecule has 0 amide bonds. The number of aromatic nitrogens is 3. The Kier molecular flexibility index (Phi) is 3.43. The summed E-state index contributed by atoms with van der Waals surface area (Å²) in [5.41, 5.74) is 1.64. The van der Waals surface area contributed by atoms with Crippen molar-refractivity contribution in [3.63, 3.8) is 0 Å². The van der Waals surface area contributed by atoms with Crippen LogP contribution in [0, 0.1) is 0 Å². The van der Waals surface area contributed by atoms with Gasteiger partial charge in [0.2, 0.25) is 0 Å². The van der Waals surface area contributed by atoms with Crippen LogP contribution >= 0.6 is 15.9 Å². The zero-order valence-corrected chi connectivity index (χ0v) is 12.0. The van der Waals surface area contributed by atoms with Gasteiger partial charge in [-0.15, -0.1) is 10.2 Å². The summed E-state index contributed by atoms with van der Waals surface area (Å²) in [7, 11) is 0. The number of benzene rings is 2. The van der Waals surface area contributed by atoms with Gasteiger partial charge in [0, 0.05) is 15.6 Å². The number of nitrogens with zero attached hydrogens (tertiary/aromatic N) is 2. The molecule has 98 valence electrons. The van der Waals surface area contributed by atoms with Crippen LogP contribution in [0.3, 0.4) is 0 Å². The van der Waals surface area contributed by atoms with Gasteiger partial charge in [0.15, 0.2) is 11.5 Å². The van der Waals surface area contributed by atoms with Crippen LogP contribution in [0.2, 0.25) is 0 Å². The standard InChI is InChI=1S/C15H10BrN3O/c16-12-8-4-7-11(9-12)14-17-15(20)13(18-19-14)10-5-2-1-3-6-10/h1-9H,(H,17,19,20). The van der Waals surface area contributed by atoms with Crippen LogP contribution in [0.1, 0.15) is 0 Å². The Morgan fingerprint density at radius 2 is 1.65 bits per heavy atom. The molecule has 1 aromatic heterocycles. The van der Waals surface area contributed by atoms with E-state index in [1.807, 2.05) is 54.6 Å². The molecule has 2 aromatic carbocycles. The van der Waals surface area contributed by atoms with Crippen molar-refractivity contribution < 1.29 is 0 Å². The summed E-state index contributed by atoms with van der Waals surface area (Å²) in [5, 5.41) is 8.15. The third kappa shape index (κ3) is 2.53. The summed E-state index contributed by atoms with van der Waals surface area (Å²) in [6.07, 6.45) is 0. The van der Waals surface area contributed by atoms with E-state index in [4.69, 9.17) is 0 Å². The van der Waals surface area contributed by atoms with Crippen molar-refractivity contribution in [3.8, 4) is 22.6 Å². The smallest absolute Gasteiger partial charge is 0.278 e. The van der Waals surface area contributed by atoms with E-state index >= 15 is 0 Å². The summed E-state index contributed by atoms with van der Waals surface area (Å²) in [5.74, 6) is 0.455. The van der Waals surface area contributed by atoms with E-state index < -0.39 is 0 Å². The van der Waals surface area contributed by atoms with Gasteiger partial charge in [0.25, 0.3) is 5.56 Å². The van der Waals surface area contributed by atoms with Gasteiger partial charge >= 0.3 is 0 Å². The normalized spacial score (nSPS) is 10.4. The fourth-order valence-corrected chi connectivity index (χ4v) is 2.29. The first kappa shape index (κ1) is 12.7. The van der Waals surface area contributed by atoms with Crippen LogP contribution in [0.4, 0.5) is 0 Å². The number of hydrogen-bond acceptors (Lipinski definition) is 3. The van der Waals surface area contributed by atoms with Crippen LogP contribution in [-0.2, 0) is 0 Å². The molecule has 1 N–H and O–H groups in total. The van der Waals surface area contributed by atoms with E-state index in [1.54, 1.807) is 0 Å². The Balaban J connectivity index is 2.07. The van der Waals surface area contributed by atoms with E-state index in [2.05, 4.69) is 31.1 Å². The monoisotopic (exact) mass is 327 g/mol. The molecule has 0 radical (unpaired) electrons. The second kappa shape index (κ2) is 5.38. The highest BCUT2D eigenvalue weighted by atomic mass is 79.9. The molecule has 0 saturated carbocycles. The SMILES string of the molecule is O=c1[nH]c(-c2cccc(Br)c2)nnc1-c1ccccc1. The molecule has 0 fully saturated rings.